The van der Waals surface area contributed by atoms with E-state index in [9.17, 15) is 4.79 Å². The van der Waals surface area contributed by atoms with Crippen LogP contribution in [0.2, 0.25) is 0 Å². The van der Waals surface area contributed by atoms with Gasteiger partial charge in [-0.1, -0.05) is 13.3 Å². The van der Waals surface area contributed by atoms with Crippen LogP contribution in [0.25, 0.3) is 0 Å². The maximum atomic E-state index is 11.4. The molecule has 4 heteroatoms. The first kappa shape index (κ1) is 13.2. The van der Waals surface area contributed by atoms with Crippen molar-refractivity contribution in [3.8, 4) is 0 Å². The minimum absolute atomic E-state index is 0.0846. The lowest BCUT2D eigenvalue weighted by Gasteiger charge is -2.05. The molecule has 0 radical (unpaired) electrons. The molecule has 16 heavy (non-hydrogen) atoms. The first-order chi connectivity index (χ1) is 7.74. The fourth-order valence-electron chi connectivity index (χ4n) is 1.35. The molecule has 0 bridgehead atoms. The molecular formula is C12H20N2OS. The van der Waals surface area contributed by atoms with Crippen molar-refractivity contribution < 1.29 is 4.79 Å². The number of unbranched alkanes of at least 4 members (excludes halogenated alkanes) is 1. The lowest BCUT2D eigenvalue weighted by molar-refractivity contribution is -0.120. The highest BCUT2D eigenvalue weighted by atomic mass is 32.1. The van der Waals surface area contributed by atoms with E-state index in [1.807, 2.05) is 0 Å². The SMILES string of the molecule is CCCCNC(=O)CNCc1cscc1C. The van der Waals surface area contributed by atoms with E-state index >= 15 is 0 Å². The molecule has 1 aromatic rings. The van der Waals surface area contributed by atoms with E-state index in [1.54, 1.807) is 11.3 Å². The van der Waals surface area contributed by atoms with Gasteiger partial charge in [-0.3, -0.25) is 4.79 Å². The molecule has 1 rings (SSSR count). The Labute approximate surface area is 101 Å². The molecule has 1 heterocycles. The Hall–Kier alpha value is -0.870. The number of carbonyl (C=O) groups excluding carboxylic acids is 1. The zero-order chi connectivity index (χ0) is 11.8. The minimum Gasteiger partial charge on any atom is -0.355 e. The van der Waals surface area contributed by atoms with Crippen LogP contribution in [0.4, 0.5) is 0 Å². The maximum Gasteiger partial charge on any atom is 0.233 e. The van der Waals surface area contributed by atoms with Gasteiger partial charge in [0.05, 0.1) is 6.54 Å². The number of hydrogen-bond donors (Lipinski definition) is 2. The molecule has 0 atom stereocenters. The predicted molar refractivity (Wildman–Crippen MR) is 68.7 cm³/mol. The van der Waals surface area contributed by atoms with Crippen molar-refractivity contribution in [3.63, 3.8) is 0 Å². The van der Waals surface area contributed by atoms with E-state index in [2.05, 4.69) is 35.2 Å². The standard InChI is InChI=1S/C12H20N2OS/c1-3-4-5-14-12(15)7-13-6-11-9-16-8-10(11)2/h8-9,13H,3-7H2,1-2H3,(H,14,15). The second-order valence-corrected chi connectivity index (χ2v) is 4.63. The van der Waals surface area contributed by atoms with E-state index < -0.39 is 0 Å². The van der Waals surface area contributed by atoms with Crippen LogP contribution >= 0.6 is 11.3 Å². The van der Waals surface area contributed by atoms with Gasteiger partial charge in [-0.2, -0.15) is 11.3 Å². The van der Waals surface area contributed by atoms with E-state index in [1.165, 1.54) is 11.1 Å². The molecule has 0 fully saturated rings. The summed E-state index contributed by atoms with van der Waals surface area (Å²) in [6.45, 7) is 6.17. The average molecular weight is 240 g/mol. The summed E-state index contributed by atoms with van der Waals surface area (Å²) < 4.78 is 0. The molecule has 1 aromatic heterocycles. The summed E-state index contributed by atoms with van der Waals surface area (Å²) in [5.41, 5.74) is 2.58. The molecule has 2 N–H and O–H groups in total. The normalized spacial score (nSPS) is 10.4. The number of carbonyl (C=O) groups is 1. The monoisotopic (exact) mass is 240 g/mol. The van der Waals surface area contributed by atoms with Crippen molar-refractivity contribution in [2.24, 2.45) is 0 Å². The van der Waals surface area contributed by atoms with Crippen LogP contribution in [0.5, 0.6) is 0 Å². The summed E-state index contributed by atoms with van der Waals surface area (Å²) in [7, 11) is 0. The number of amides is 1. The molecule has 0 aliphatic rings. The van der Waals surface area contributed by atoms with Gasteiger partial charge in [-0.25, -0.2) is 0 Å². The highest BCUT2D eigenvalue weighted by Crippen LogP contribution is 2.12. The Morgan fingerprint density at radius 2 is 2.25 bits per heavy atom. The van der Waals surface area contributed by atoms with Crippen molar-refractivity contribution in [2.45, 2.75) is 33.2 Å². The highest BCUT2D eigenvalue weighted by molar-refractivity contribution is 7.08. The summed E-state index contributed by atoms with van der Waals surface area (Å²) in [6.07, 6.45) is 2.16. The third-order valence-electron chi connectivity index (χ3n) is 2.42. The van der Waals surface area contributed by atoms with Crippen LogP contribution in [-0.2, 0) is 11.3 Å². The van der Waals surface area contributed by atoms with Gasteiger partial charge in [-0.05, 0) is 35.2 Å². The molecule has 0 unspecified atom stereocenters. The number of thiophene rings is 1. The van der Waals surface area contributed by atoms with Crippen molar-refractivity contribution in [2.75, 3.05) is 13.1 Å². The molecule has 0 saturated carbocycles. The quantitative estimate of drug-likeness (QED) is 0.716. The molecule has 0 saturated heterocycles. The van der Waals surface area contributed by atoms with Gasteiger partial charge in [-0.15, -0.1) is 0 Å². The molecule has 0 aliphatic heterocycles. The molecule has 0 aliphatic carbocycles. The van der Waals surface area contributed by atoms with Crippen molar-refractivity contribution in [3.05, 3.63) is 21.9 Å². The van der Waals surface area contributed by atoms with Crippen LogP contribution in [-0.4, -0.2) is 19.0 Å². The van der Waals surface area contributed by atoms with Gasteiger partial charge in [0.1, 0.15) is 0 Å². The van der Waals surface area contributed by atoms with Crippen LogP contribution in [0.15, 0.2) is 10.8 Å². The molecule has 3 nitrogen and oxygen atoms in total. The highest BCUT2D eigenvalue weighted by Gasteiger charge is 2.01. The average Bonchev–Trinajstić information content (AvgIpc) is 2.65. The fraction of sp³-hybridized carbons (Fsp3) is 0.583. The van der Waals surface area contributed by atoms with Crippen molar-refractivity contribution in [1.29, 1.82) is 0 Å². The third-order valence-corrected chi connectivity index (χ3v) is 3.33. The lowest BCUT2D eigenvalue weighted by atomic mass is 10.2. The van der Waals surface area contributed by atoms with E-state index in [-0.39, 0.29) is 5.91 Å². The van der Waals surface area contributed by atoms with Gasteiger partial charge in [0.25, 0.3) is 0 Å². The van der Waals surface area contributed by atoms with Crippen LogP contribution in [0, 0.1) is 6.92 Å². The maximum absolute atomic E-state index is 11.4. The second kappa shape index (κ2) is 7.41. The topological polar surface area (TPSA) is 41.1 Å². The number of rotatable bonds is 7. The molecular weight excluding hydrogens is 220 g/mol. The molecule has 90 valence electrons. The third kappa shape index (κ3) is 4.77. The molecule has 0 aromatic carbocycles. The van der Waals surface area contributed by atoms with E-state index in [0.29, 0.717) is 6.54 Å². The van der Waals surface area contributed by atoms with E-state index in [4.69, 9.17) is 0 Å². The number of aryl methyl sites for hydroxylation is 1. The zero-order valence-corrected chi connectivity index (χ0v) is 10.8. The van der Waals surface area contributed by atoms with Crippen LogP contribution in [0.1, 0.15) is 30.9 Å². The Bertz CT molecular complexity index is 323. The summed E-state index contributed by atoms with van der Waals surface area (Å²) >= 11 is 1.70. The Morgan fingerprint density at radius 3 is 2.88 bits per heavy atom. The van der Waals surface area contributed by atoms with Gasteiger partial charge < -0.3 is 10.6 Å². The fourth-order valence-corrected chi connectivity index (χ4v) is 2.20. The largest absolute Gasteiger partial charge is 0.355 e. The van der Waals surface area contributed by atoms with Crippen LogP contribution in [0.3, 0.4) is 0 Å². The number of hydrogen-bond acceptors (Lipinski definition) is 3. The Balaban J connectivity index is 2.11. The summed E-state index contributed by atoms with van der Waals surface area (Å²) in [5.74, 6) is 0.0846. The first-order valence-electron chi connectivity index (χ1n) is 5.73. The van der Waals surface area contributed by atoms with Crippen molar-refractivity contribution in [1.82, 2.24) is 10.6 Å². The lowest BCUT2D eigenvalue weighted by Crippen LogP contribution is -2.34. The van der Waals surface area contributed by atoms with Gasteiger partial charge in [0.2, 0.25) is 5.91 Å². The van der Waals surface area contributed by atoms with Crippen molar-refractivity contribution >= 4 is 17.2 Å². The van der Waals surface area contributed by atoms with Gasteiger partial charge in [0.15, 0.2) is 0 Å². The zero-order valence-electron chi connectivity index (χ0n) is 10.0. The molecule has 0 spiro atoms. The Kier molecular flexibility index (Phi) is 6.11. The van der Waals surface area contributed by atoms with E-state index in [0.717, 1.165) is 25.9 Å². The summed E-state index contributed by atoms with van der Waals surface area (Å²) in [6, 6.07) is 0. The Morgan fingerprint density at radius 1 is 1.44 bits per heavy atom. The van der Waals surface area contributed by atoms with Gasteiger partial charge in [0, 0.05) is 13.1 Å². The smallest absolute Gasteiger partial charge is 0.233 e. The van der Waals surface area contributed by atoms with Gasteiger partial charge >= 0.3 is 0 Å². The summed E-state index contributed by atoms with van der Waals surface area (Å²) in [4.78, 5) is 11.4. The first-order valence-corrected chi connectivity index (χ1v) is 6.67. The predicted octanol–water partition coefficient (Wildman–Crippen LogP) is 2.06. The molecule has 1 amide bonds. The number of nitrogens with one attached hydrogen (secondary N) is 2. The minimum atomic E-state index is 0.0846. The second-order valence-electron chi connectivity index (χ2n) is 3.89. The summed E-state index contributed by atoms with van der Waals surface area (Å²) in [5, 5.41) is 10.3. The van der Waals surface area contributed by atoms with Crippen LogP contribution < -0.4 is 10.6 Å².